The number of fused-ring (bicyclic) bond motifs is 1. The van der Waals surface area contributed by atoms with Crippen molar-refractivity contribution >= 4 is 11.5 Å². The quantitative estimate of drug-likeness (QED) is 0.135. The summed E-state index contributed by atoms with van der Waals surface area (Å²) in [7, 11) is 3.33. The molecule has 1 atom stereocenters. The van der Waals surface area contributed by atoms with Crippen LogP contribution in [0.2, 0.25) is 0 Å². The van der Waals surface area contributed by atoms with Gasteiger partial charge in [0.05, 0.1) is 32.7 Å². The second-order valence-corrected chi connectivity index (χ2v) is 12.0. The Hall–Kier alpha value is -4.67. The van der Waals surface area contributed by atoms with Crippen molar-refractivity contribution in [3.05, 3.63) is 107 Å². The molecule has 1 N–H and O–H groups in total. The fourth-order valence-electron chi connectivity index (χ4n) is 5.97. The highest BCUT2D eigenvalue weighted by molar-refractivity contribution is 5.65. The number of hydrogen-bond donors (Lipinski definition) is 1. The van der Waals surface area contributed by atoms with Crippen molar-refractivity contribution in [3.8, 4) is 17.5 Å². The summed E-state index contributed by atoms with van der Waals surface area (Å²) in [4.78, 5) is 14.3. The van der Waals surface area contributed by atoms with E-state index in [-0.39, 0.29) is 6.01 Å². The summed E-state index contributed by atoms with van der Waals surface area (Å²) >= 11 is 0. The van der Waals surface area contributed by atoms with Gasteiger partial charge in [-0.25, -0.2) is 9.50 Å². The highest BCUT2D eigenvalue weighted by Gasteiger charge is 2.24. The lowest BCUT2D eigenvalue weighted by Gasteiger charge is -2.25. The summed E-state index contributed by atoms with van der Waals surface area (Å²) in [6.45, 7) is 6.80. The van der Waals surface area contributed by atoms with E-state index in [4.69, 9.17) is 29.3 Å². The first-order chi connectivity index (χ1) is 23.0. The molecular weight excluding hydrogens is 592 g/mol. The molecule has 10 heteroatoms. The van der Waals surface area contributed by atoms with Crippen LogP contribution in [-0.2, 0) is 19.6 Å². The van der Waals surface area contributed by atoms with Crippen molar-refractivity contribution < 1.29 is 19.3 Å². The van der Waals surface area contributed by atoms with Crippen LogP contribution >= 0.6 is 0 Å². The molecule has 0 bridgehead atoms. The minimum atomic E-state index is -0.939. The maximum absolute atomic E-state index is 11.8. The molecule has 246 valence electrons. The fourth-order valence-corrected chi connectivity index (χ4v) is 5.97. The van der Waals surface area contributed by atoms with Crippen molar-refractivity contribution in [2.24, 2.45) is 0 Å². The number of nitrogens with zero attached hydrogens (tertiary/aromatic N) is 6. The maximum Gasteiger partial charge on any atom is 0.336 e. The van der Waals surface area contributed by atoms with Gasteiger partial charge in [-0.2, -0.15) is 4.98 Å². The van der Waals surface area contributed by atoms with Gasteiger partial charge in [-0.15, -0.1) is 5.10 Å². The Morgan fingerprint density at radius 1 is 0.872 bits per heavy atom. The molecule has 1 fully saturated rings. The van der Waals surface area contributed by atoms with Gasteiger partial charge in [0.1, 0.15) is 17.6 Å². The Morgan fingerprint density at radius 2 is 1.53 bits per heavy atom. The third kappa shape index (κ3) is 7.84. The summed E-state index contributed by atoms with van der Waals surface area (Å²) in [5.74, 6) is 2.20. The van der Waals surface area contributed by atoms with Gasteiger partial charge in [0.15, 0.2) is 11.5 Å². The first-order valence-corrected chi connectivity index (χ1v) is 16.4. The van der Waals surface area contributed by atoms with Crippen molar-refractivity contribution in [3.63, 3.8) is 0 Å². The Bertz CT molecular complexity index is 1690. The lowest BCUT2D eigenvalue weighted by atomic mass is 10.0. The van der Waals surface area contributed by atoms with Gasteiger partial charge < -0.3 is 24.2 Å². The SMILES string of the molecule is CCCCOc1nc(N(Cc2ccc(OC)cc2)Cc2ccc(OC)cc2)c2ncc(C(O)c3cccc(CN4CCCC4)c3)n2n1. The van der Waals surface area contributed by atoms with Crippen LogP contribution in [0.15, 0.2) is 79.0 Å². The number of aliphatic hydroxyl groups excluding tert-OH is 1. The Balaban J connectivity index is 1.39. The van der Waals surface area contributed by atoms with E-state index >= 15 is 0 Å². The zero-order chi connectivity index (χ0) is 32.6. The minimum absolute atomic E-state index is 0.240. The minimum Gasteiger partial charge on any atom is -0.497 e. The number of aromatic nitrogens is 4. The van der Waals surface area contributed by atoms with Gasteiger partial charge in [-0.3, -0.25) is 4.90 Å². The molecule has 1 saturated heterocycles. The number of aliphatic hydroxyl groups is 1. The molecule has 0 aliphatic carbocycles. The second kappa shape index (κ2) is 15.3. The lowest BCUT2D eigenvalue weighted by molar-refractivity contribution is 0.211. The van der Waals surface area contributed by atoms with Crippen LogP contribution in [0.3, 0.4) is 0 Å². The van der Waals surface area contributed by atoms with E-state index in [2.05, 4.69) is 28.9 Å². The van der Waals surface area contributed by atoms with Crippen LogP contribution in [0.4, 0.5) is 5.82 Å². The molecule has 47 heavy (non-hydrogen) atoms. The average Bonchev–Trinajstić information content (AvgIpc) is 3.78. The van der Waals surface area contributed by atoms with Crippen LogP contribution in [0, 0.1) is 0 Å². The molecule has 0 radical (unpaired) electrons. The van der Waals surface area contributed by atoms with Crippen LogP contribution in [-0.4, -0.2) is 63.5 Å². The molecular formula is C37H44N6O4. The predicted octanol–water partition coefficient (Wildman–Crippen LogP) is 6.20. The highest BCUT2D eigenvalue weighted by Crippen LogP contribution is 2.30. The molecule has 1 unspecified atom stereocenters. The molecule has 1 aliphatic rings. The molecule has 0 spiro atoms. The smallest absolute Gasteiger partial charge is 0.336 e. The maximum atomic E-state index is 11.8. The van der Waals surface area contributed by atoms with Gasteiger partial charge in [-0.1, -0.05) is 61.9 Å². The fraction of sp³-hybridized carbons (Fsp3) is 0.378. The van der Waals surface area contributed by atoms with E-state index in [1.807, 2.05) is 60.7 Å². The van der Waals surface area contributed by atoms with Crippen molar-refractivity contribution in [1.82, 2.24) is 24.5 Å². The van der Waals surface area contributed by atoms with Crippen LogP contribution in [0.1, 0.15) is 66.7 Å². The van der Waals surface area contributed by atoms with E-state index < -0.39 is 6.10 Å². The molecule has 0 saturated carbocycles. The predicted molar refractivity (Wildman–Crippen MR) is 182 cm³/mol. The number of imidazole rings is 1. The molecule has 5 aromatic rings. The van der Waals surface area contributed by atoms with E-state index in [1.54, 1.807) is 24.9 Å². The summed E-state index contributed by atoms with van der Waals surface area (Å²) in [6, 6.07) is 24.4. The molecule has 2 aromatic heterocycles. The molecule has 10 nitrogen and oxygen atoms in total. The summed E-state index contributed by atoms with van der Waals surface area (Å²) in [5.41, 5.74) is 5.22. The topological polar surface area (TPSA) is 97.5 Å². The molecule has 3 aromatic carbocycles. The number of benzene rings is 3. The van der Waals surface area contributed by atoms with E-state index in [9.17, 15) is 5.11 Å². The first-order valence-electron chi connectivity index (χ1n) is 16.4. The summed E-state index contributed by atoms with van der Waals surface area (Å²) < 4.78 is 18.6. The van der Waals surface area contributed by atoms with Gasteiger partial charge in [0, 0.05) is 19.6 Å². The van der Waals surface area contributed by atoms with Crippen LogP contribution in [0.25, 0.3) is 5.65 Å². The number of unbranched alkanes of at least 4 members (excludes halogenated alkanes) is 1. The first kappa shape index (κ1) is 32.3. The number of likely N-dealkylation sites (tertiary alicyclic amines) is 1. The highest BCUT2D eigenvalue weighted by atomic mass is 16.5. The molecule has 6 rings (SSSR count). The van der Waals surface area contributed by atoms with Gasteiger partial charge in [-0.05, 0) is 78.9 Å². The monoisotopic (exact) mass is 636 g/mol. The Kier molecular flexibility index (Phi) is 10.5. The van der Waals surface area contributed by atoms with Crippen LogP contribution < -0.4 is 19.1 Å². The van der Waals surface area contributed by atoms with Crippen molar-refractivity contribution in [1.29, 1.82) is 0 Å². The Morgan fingerprint density at radius 3 is 2.15 bits per heavy atom. The molecule has 3 heterocycles. The normalized spacial score (nSPS) is 14.0. The van der Waals surface area contributed by atoms with Gasteiger partial charge in [0.25, 0.3) is 0 Å². The van der Waals surface area contributed by atoms with E-state index in [0.29, 0.717) is 36.9 Å². The van der Waals surface area contributed by atoms with E-state index in [1.165, 1.54) is 18.4 Å². The zero-order valence-electron chi connectivity index (χ0n) is 27.5. The number of hydrogen-bond acceptors (Lipinski definition) is 9. The van der Waals surface area contributed by atoms with Gasteiger partial charge >= 0.3 is 6.01 Å². The third-order valence-electron chi connectivity index (χ3n) is 8.60. The van der Waals surface area contributed by atoms with Gasteiger partial charge in [0.2, 0.25) is 0 Å². The largest absolute Gasteiger partial charge is 0.497 e. The van der Waals surface area contributed by atoms with E-state index in [0.717, 1.165) is 60.7 Å². The zero-order valence-corrected chi connectivity index (χ0v) is 27.5. The number of ether oxygens (including phenoxy) is 3. The molecule has 0 amide bonds. The number of rotatable bonds is 15. The number of methoxy groups -OCH3 is 2. The number of anilines is 1. The average molecular weight is 637 g/mol. The third-order valence-corrected chi connectivity index (χ3v) is 8.60. The summed E-state index contributed by atoms with van der Waals surface area (Å²) in [6.07, 6.45) is 5.10. The van der Waals surface area contributed by atoms with Crippen molar-refractivity contribution in [2.45, 2.75) is 58.3 Å². The van der Waals surface area contributed by atoms with Crippen molar-refractivity contribution in [2.75, 3.05) is 38.8 Å². The molecule has 1 aliphatic heterocycles. The lowest BCUT2D eigenvalue weighted by Crippen LogP contribution is -2.25. The Labute approximate surface area is 276 Å². The standard InChI is InChI=1S/C37H44N6O4/c1-4-5-21-47-37-39-36(42(25-27-11-15-31(45-2)16-12-27)26-28-13-17-32(46-3)18-14-28)35-38-23-33(43(35)40-37)34(44)30-10-8-9-29(22-30)24-41-19-6-7-20-41/h8-18,22-23,34,44H,4-7,19-21,24-26H2,1-3H3. The van der Waals surface area contributed by atoms with Crippen LogP contribution in [0.5, 0.6) is 17.5 Å². The summed E-state index contributed by atoms with van der Waals surface area (Å²) in [5, 5.41) is 16.5. The second-order valence-electron chi connectivity index (χ2n) is 12.0.